The van der Waals surface area contributed by atoms with Gasteiger partial charge < -0.3 is 9.26 Å². The molecule has 4 nitrogen and oxygen atoms in total. The fourth-order valence-corrected chi connectivity index (χ4v) is 4.18. The van der Waals surface area contributed by atoms with Crippen LogP contribution in [0.1, 0.15) is 33.6 Å². The van der Waals surface area contributed by atoms with Gasteiger partial charge in [-0.25, -0.2) is 0 Å². The van der Waals surface area contributed by atoms with Crippen LogP contribution in [-0.4, -0.2) is 36.3 Å². The molecular weight excluding hydrogens is 307 g/mol. The Morgan fingerprint density at radius 1 is 1.29 bits per heavy atom. The minimum atomic E-state index is -2.68. The molecule has 2 atom stereocenters. The molecule has 0 aromatic carbocycles. The molecule has 0 bridgehead atoms. The standard InChI is InChI=1S/C11H22BrO4P/c1-4-15-11(13)7-9-17(14,16-5-2)8-6-10(3)12/h10H,4-9H2,1-3H3. The molecule has 0 heterocycles. The van der Waals surface area contributed by atoms with Gasteiger partial charge in [0.1, 0.15) is 0 Å². The van der Waals surface area contributed by atoms with E-state index in [0.29, 0.717) is 24.2 Å². The third-order valence-electron chi connectivity index (χ3n) is 2.19. The predicted molar refractivity (Wildman–Crippen MR) is 73.2 cm³/mol. The summed E-state index contributed by atoms with van der Waals surface area (Å²) in [6.45, 7) is 6.34. The molecule has 0 radical (unpaired) electrons. The monoisotopic (exact) mass is 328 g/mol. The maximum atomic E-state index is 12.4. The van der Waals surface area contributed by atoms with Crippen molar-refractivity contribution < 1.29 is 18.6 Å². The van der Waals surface area contributed by atoms with Crippen LogP contribution < -0.4 is 0 Å². The molecule has 0 aromatic heterocycles. The Morgan fingerprint density at radius 2 is 1.94 bits per heavy atom. The molecule has 17 heavy (non-hydrogen) atoms. The van der Waals surface area contributed by atoms with Crippen LogP contribution in [0.4, 0.5) is 0 Å². The summed E-state index contributed by atoms with van der Waals surface area (Å²) in [6, 6.07) is 0. The highest BCUT2D eigenvalue weighted by atomic mass is 79.9. The second-order valence-electron chi connectivity index (χ2n) is 3.80. The Balaban J connectivity index is 4.20. The molecule has 0 N–H and O–H groups in total. The van der Waals surface area contributed by atoms with Gasteiger partial charge in [0.2, 0.25) is 7.37 Å². The summed E-state index contributed by atoms with van der Waals surface area (Å²) in [5.41, 5.74) is 0. The predicted octanol–water partition coefficient (Wildman–Crippen LogP) is 3.43. The number of carbonyl (C=O) groups is 1. The molecule has 102 valence electrons. The number of hydrogen-bond acceptors (Lipinski definition) is 4. The van der Waals surface area contributed by atoms with E-state index in [-0.39, 0.29) is 18.6 Å². The lowest BCUT2D eigenvalue weighted by Crippen LogP contribution is -2.10. The topological polar surface area (TPSA) is 52.6 Å². The van der Waals surface area contributed by atoms with Crippen molar-refractivity contribution in [2.24, 2.45) is 0 Å². The zero-order chi connectivity index (χ0) is 13.3. The van der Waals surface area contributed by atoms with Gasteiger partial charge in [0.05, 0.1) is 19.6 Å². The van der Waals surface area contributed by atoms with E-state index in [2.05, 4.69) is 15.9 Å². The number of halogens is 1. The molecule has 0 aliphatic rings. The van der Waals surface area contributed by atoms with E-state index >= 15 is 0 Å². The van der Waals surface area contributed by atoms with Gasteiger partial charge >= 0.3 is 5.97 Å². The van der Waals surface area contributed by atoms with E-state index in [1.165, 1.54) is 0 Å². The maximum Gasteiger partial charge on any atom is 0.306 e. The Morgan fingerprint density at radius 3 is 2.41 bits per heavy atom. The molecule has 6 heteroatoms. The summed E-state index contributed by atoms with van der Waals surface area (Å²) in [5, 5.41) is 0. The lowest BCUT2D eigenvalue weighted by molar-refractivity contribution is -0.142. The SMILES string of the molecule is CCOC(=O)CCP(=O)(CCC(C)Br)OCC. The molecule has 0 aromatic rings. The normalized spacial score (nSPS) is 16.2. The van der Waals surface area contributed by atoms with Gasteiger partial charge in [0.25, 0.3) is 0 Å². The van der Waals surface area contributed by atoms with Crippen molar-refractivity contribution in [2.75, 3.05) is 25.5 Å². The molecule has 0 saturated heterocycles. The van der Waals surface area contributed by atoms with Crippen LogP contribution in [0.25, 0.3) is 0 Å². The Bertz CT molecular complexity index is 268. The van der Waals surface area contributed by atoms with Crippen molar-refractivity contribution >= 4 is 29.3 Å². The molecule has 0 saturated carbocycles. The first kappa shape index (κ1) is 17.1. The summed E-state index contributed by atoms with van der Waals surface area (Å²) in [5.74, 6) is -0.306. The summed E-state index contributed by atoms with van der Waals surface area (Å²) < 4.78 is 22.5. The van der Waals surface area contributed by atoms with Crippen molar-refractivity contribution in [1.29, 1.82) is 0 Å². The van der Waals surface area contributed by atoms with Gasteiger partial charge in [-0.05, 0) is 20.3 Å². The summed E-state index contributed by atoms with van der Waals surface area (Å²) >= 11 is 3.41. The third-order valence-corrected chi connectivity index (χ3v) is 5.23. The first-order valence-electron chi connectivity index (χ1n) is 5.95. The summed E-state index contributed by atoms with van der Waals surface area (Å²) in [7, 11) is -2.68. The lowest BCUT2D eigenvalue weighted by atomic mass is 10.4. The van der Waals surface area contributed by atoms with Gasteiger partial charge in [-0.3, -0.25) is 9.36 Å². The minimum absolute atomic E-state index is 0.168. The minimum Gasteiger partial charge on any atom is -0.466 e. The van der Waals surface area contributed by atoms with Gasteiger partial charge in [-0.2, -0.15) is 0 Å². The van der Waals surface area contributed by atoms with Crippen molar-refractivity contribution in [3.8, 4) is 0 Å². The van der Waals surface area contributed by atoms with E-state index < -0.39 is 7.37 Å². The van der Waals surface area contributed by atoms with E-state index in [0.717, 1.165) is 6.42 Å². The van der Waals surface area contributed by atoms with Gasteiger partial charge in [0, 0.05) is 17.2 Å². The van der Waals surface area contributed by atoms with Gasteiger partial charge in [0.15, 0.2) is 0 Å². The highest BCUT2D eigenvalue weighted by molar-refractivity contribution is 9.09. The van der Waals surface area contributed by atoms with E-state index in [4.69, 9.17) is 9.26 Å². The fraction of sp³-hybridized carbons (Fsp3) is 0.909. The van der Waals surface area contributed by atoms with Gasteiger partial charge in [-0.15, -0.1) is 0 Å². The fourth-order valence-electron chi connectivity index (χ4n) is 1.35. The summed E-state index contributed by atoms with van der Waals surface area (Å²) in [4.78, 5) is 11.5. The van der Waals surface area contributed by atoms with Crippen molar-refractivity contribution in [2.45, 2.75) is 38.4 Å². The van der Waals surface area contributed by atoms with E-state index in [9.17, 15) is 9.36 Å². The quantitative estimate of drug-likeness (QED) is 0.369. The number of rotatable bonds is 9. The molecule has 0 fully saturated rings. The highest BCUT2D eigenvalue weighted by Crippen LogP contribution is 2.48. The Labute approximate surface area is 112 Å². The first-order chi connectivity index (χ1) is 7.93. The summed E-state index contributed by atoms with van der Waals surface area (Å²) in [6.07, 6.45) is 1.73. The molecule has 0 spiro atoms. The zero-order valence-electron chi connectivity index (χ0n) is 10.8. The van der Waals surface area contributed by atoms with Crippen LogP contribution in [0.3, 0.4) is 0 Å². The second-order valence-corrected chi connectivity index (χ2v) is 8.15. The van der Waals surface area contributed by atoms with Crippen LogP contribution in [0.2, 0.25) is 0 Å². The Kier molecular flexibility index (Phi) is 9.20. The van der Waals surface area contributed by atoms with Gasteiger partial charge in [-0.1, -0.05) is 22.9 Å². The number of hydrogen-bond donors (Lipinski definition) is 0. The number of esters is 1. The average Bonchev–Trinajstić information content (AvgIpc) is 2.25. The van der Waals surface area contributed by atoms with Crippen LogP contribution in [0, 0.1) is 0 Å². The zero-order valence-corrected chi connectivity index (χ0v) is 13.3. The first-order valence-corrected chi connectivity index (χ1v) is 8.87. The largest absolute Gasteiger partial charge is 0.466 e. The maximum absolute atomic E-state index is 12.4. The highest BCUT2D eigenvalue weighted by Gasteiger charge is 2.24. The van der Waals surface area contributed by atoms with Crippen LogP contribution in [0.15, 0.2) is 0 Å². The molecule has 2 unspecified atom stereocenters. The molecule has 0 aliphatic carbocycles. The number of ether oxygens (including phenoxy) is 1. The number of carbonyl (C=O) groups excluding carboxylic acids is 1. The van der Waals surface area contributed by atoms with Crippen LogP contribution >= 0.6 is 23.3 Å². The second kappa shape index (κ2) is 9.12. The molecular formula is C11H22BrO4P. The van der Waals surface area contributed by atoms with Crippen LogP contribution in [-0.2, 0) is 18.6 Å². The van der Waals surface area contributed by atoms with E-state index in [1.54, 1.807) is 6.92 Å². The number of alkyl halides is 1. The average molecular weight is 329 g/mol. The van der Waals surface area contributed by atoms with Crippen molar-refractivity contribution in [3.63, 3.8) is 0 Å². The van der Waals surface area contributed by atoms with E-state index in [1.807, 2.05) is 13.8 Å². The molecule has 0 amide bonds. The third kappa shape index (κ3) is 8.81. The van der Waals surface area contributed by atoms with Crippen molar-refractivity contribution in [3.05, 3.63) is 0 Å². The van der Waals surface area contributed by atoms with Crippen molar-refractivity contribution in [1.82, 2.24) is 0 Å². The smallest absolute Gasteiger partial charge is 0.306 e. The molecule has 0 rings (SSSR count). The molecule has 0 aliphatic heterocycles. The Hall–Kier alpha value is 0.140. The van der Waals surface area contributed by atoms with Crippen LogP contribution in [0.5, 0.6) is 0 Å². The lowest BCUT2D eigenvalue weighted by Gasteiger charge is -2.18.